The van der Waals surface area contributed by atoms with E-state index < -0.39 is 0 Å². The lowest BCUT2D eigenvalue weighted by Gasteiger charge is -2.33. The number of halogens is 1. The largest absolute Gasteiger partial charge is 0.395 e. The molecule has 1 aliphatic rings. The Morgan fingerprint density at radius 3 is 2.67 bits per heavy atom. The minimum Gasteiger partial charge on any atom is -0.395 e. The van der Waals surface area contributed by atoms with E-state index >= 15 is 0 Å². The summed E-state index contributed by atoms with van der Waals surface area (Å²) in [6.07, 6.45) is 5.80. The molecule has 1 aromatic rings. The van der Waals surface area contributed by atoms with Gasteiger partial charge in [-0.15, -0.1) is 0 Å². The molecule has 0 radical (unpaired) electrons. The molecule has 0 heterocycles. The maximum atomic E-state index is 11.1. The Bertz CT molecular complexity index is 490. The number of aliphatic hydroxyl groups is 1. The summed E-state index contributed by atoms with van der Waals surface area (Å²) in [6.45, 7) is 1.06. The highest BCUT2D eigenvalue weighted by molar-refractivity contribution is 6.30. The van der Waals surface area contributed by atoms with Crippen molar-refractivity contribution in [1.82, 2.24) is 4.90 Å². The van der Waals surface area contributed by atoms with Crippen LogP contribution in [0.1, 0.15) is 37.7 Å². The van der Waals surface area contributed by atoms with Gasteiger partial charge in [0.05, 0.1) is 11.5 Å². The van der Waals surface area contributed by atoms with Crippen LogP contribution in [0.4, 0.5) is 5.69 Å². The lowest BCUT2D eigenvalue weighted by atomic mass is 9.93. The molecular weight excluding hydrogens is 292 g/mol. The molecule has 0 aromatic heterocycles. The van der Waals surface area contributed by atoms with Crippen molar-refractivity contribution in [3.63, 3.8) is 0 Å². The molecule has 0 saturated heterocycles. The van der Waals surface area contributed by atoms with E-state index in [-0.39, 0.29) is 17.2 Å². The Kier molecular flexibility index (Phi) is 5.96. The number of hydrogen-bond donors (Lipinski definition) is 1. The fourth-order valence-electron chi connectivity index (χ4n) is 3.04. The molecule has 21 heavy (non-hydrogen) atoms. The molecule has 1 aromatic carbocycles. The van der Waals surface area contributed by atoms with E-state index in [0.717, 1.165) is 12.8 Å². The van der Waals surface area contributed by atoms with Crippen LogP contribution < -0.4 is 0 Å². The minimum atomic E-state index is -0.371. The van der Waals surface area contributed by atoms with Crippen molar-refractivity contribution in [2.24, 2.45) is 0 Å². The van der Waals surface area contributed by atoms with Gasteiger partial charge < -0.3 is 5.11 Å². The summed E-state index contributed by atoms with van der Waals surface area (Å²) in [6, 6.07) is 5.05. The van der Waals surface area contributed by atoms with E-state index in [9.17, 15) is 15.2 Å². The lowest BCUT2D eigenvalue weighted by molar-refractivity contribution is -0.385. The van der Waals surface area contributed by atoms with Gasteiger partial charge in [-0.3, -0.25) is 15.0 Å². The van der Waals surface area contributed by atoms with Gasteiger partial charge in [0.2, 0.25) is 0 Å². The van der Waals surface area contributed by atoms with E-state index in [4.69, 9.17) is 11.6 Å². The normalized spacial score (nSPS) is 16.3. The Morgan fingerprint density at radius 2 is 2.05 bits per heavy atom. The van der Waals surface area contributed by atoms with Gasteiger partial charge in [-0.25, -0.2) is 0 Å². The van der Waals surface area contributed by atoms with Crippen LogP contribution in [0.3, 0.4) is 0 Å². The Morgan fingerprint density at radius 1 is 1.33 bits per heavy atom. The molecule has 0 aliphatic heterocycles. The molecule has 1 N–H and O–H groups in total. The van der Waals surface area contributed by atoms with Crippen molar-refractivity contribution in [3.05, 3.63) is 38.9 Å². The average molecular weight is 313 g/mol. The Hall–Kier alpha value is -1.17. The fraction of sp³-hybridized carbons (Fsp3) is 0.600. The second-order valence-electron chi connectivity index (χ2n) is 5.52. The molecule has 6 heteroatoms. The van der Waals surface area contributed by atoms with E-state index in [0.29, 0.717) is 29.7 Å². The standard InChI is InChI=1S/C15H21ClN2O3/c16-13-6-7-15(18(20)21)12(10-13)11-17(8-9-19)14-4-2-1-3-5-14/h6-7,10,14,19H,1-5,8-9,11H2. The third-order valence-electron chi connectivity index (χ3n) is 4.09. The molecule has 116 valence electrons. The van der Waals surface area contributed by atoms with Gasteiger partial charge in [-0.2, -0.15) is 0 Å². The zero-order valence-corrected chi connectivity index (χ0v) is 12.8. The molecule has 5 nitrogen and oxygen atoms in total. The number of hydrogen-bond acceptors (Lipinski definition) is 4. The maximum absolute atomic E-state index is 11.1. The summed E-state index contributed by atoms with van der Waals surface area (Å²) in [5.41, 5.74) is 0.713. The van der Waals surface area contributed by atoms with E-state index in [1.807, 2.05) is 0 Å². The highest BCUT2D eigenvalue weighted by Gasteiger charge is 2.24. The first kappa shape index (κ1) is 16.2. The van der Waals surface area contributed by atoms with Gasteiger partial charge in [-0.05, 0) is 25.0 Å². The number of nitro benzene ring substituents is 1. The molecule has 1 fully saturated rings. The van der Waals surface area contributed by atoms with Gasteiger partial charge in [0.1, 0.15) is 0 Å². The summed E-state index contributed by atoms with van der Waals surface area (Å²) < 4.78 is 0. The number of benzene rings is 1. The van der Waals surface area contributed by atoms with Crippen LogP contribution in [-0.4, -0.2) is 34.1 Å². The molecule has 1 saturated carbocycles. The lowest BCUT2D eigenvalue weighted by Crippen LogP contribution is -2.38. The summed E-state index contributed by atoms with van der Waals surface area (Å²) >= 11 is 5.98. The Balaban J connectivity index is 2.19. The predicted octanol–water partition coefficient (Wildman–Crippen LogP) is 3.38. The molecule has 0 unspecified atom stereocenters. The van der Waals surface area contributed by atoms with E-state index in [2.05, 4.69) is 4.90 Å². The fourth-order valence-corrected chi connectivity index (χ4v) is 3.24. The van der Waals surface area contributed by atoms with Crippen LogP contribution >= 0.6 is 11.6 Å². The first-order valence-corrected chi connectivity index (χ1v) is 7.77. The smallest absolute Gasteiger partial charge is 0.273 e. The predicted molar refractivity (Wildman–Crippen MR) is 82.5 cm³/mol. The van der Waals surface area contributed by atoms with Crippen LogP contribution in [0.25, 0.3) is 0 Å². The molecule has 1 aliphatic carbocycles. The van der Waals surface area contributed by atoms with E-state index in [1.165, 1.54) is 25.3 Å². The third-order valence-corrected chi connectivity index (χ3v) is 4.33. The minimum absolute atomic E-state index is 0.0604. The number of nitrogens with zero attached hydrogens (tertiary/aromatic N) is 2. The number of rotatable bonds is 6. The molecule has 0 bridgehead atoms. The van der Waals surface area contributed by atoms with Gasteiger partial charge in [0.15, 0.2) is 0 Å². The average Bonchev–Trinajstić information content (AvgIpc) is 2.47. The van der Waals surface area contributed by atoms with Gasteiger partial charge in [-0.1, -0.05) is 30.9 Å². The summed E-state index contributed by atoms with van der Waals surface area (Å²) in [7, 11) is 0. The second-order valence-corrected chi connectivity index (χ2v) is 5.95. The summed E-state index contributed by atoms with van der Waals surface area (Å²) in [5, 5.41) is 20.9. The Labute approximate surface area is 129 Å². The first-order chi connectivity index (χ1) is 10.1. The highest BCUT2D eigenvalue weighted by Crippen LogP contribution is 2.28. The molecular formula is C15H21ClN2O3. The summed E-state index contributed by atoms with van der Waals surface area (Å²) in [5.74, 6) is 0. The van der Waals surface area contributed by atoms with Crippen molar-refractivity contribution in [1.29, 1.82) is 0 Å². The van der Waals surface area contributed by atoms with Crippen LogP contribution in [0, 0.1) is 10.1 Å². The van der Waals surface area contributed by atoms with Crippen molar-refractivity contribution in [3.8, 4) is 0 Å². The molecule has 0 amide bonds. The molecule has 0 spiro atoms. The zero-order valence-electron chi connectivity index (χ0n) is 12.0. The zero-order chi connectivity index (χ0) is 15.2. The first-order valence-electron chi connectivity index (χ1n) is 7.39. The number of nitro groups is 1. The molecule has 2 rings (SSSR count). The molecule has 0 atom stereocenters. The topological polar surface area (TPSA) is 66.6 Å². The van der Waals surface area contributed by atoms with Gasteiger partial charge in [0.25, 0.3) is 5.69 Å². The van der Waals surface area contributed by atoms with Gasteiger partial charge >= 0.3 is 0 Å². The van der Waals surface area contributed by atoms with Crippen LogP contribution in [0.2, 0.25) is 5.02 Å². The van der Waals surface area contributed by atoms with Crippen LogP contribution in [0.15, 0.2) is 18.2 Å². The third kappa shape index (κ3) is 4.40. The van der Waals surface area contributed by atoms with Gasteiger partial charge in [0, 0.05) is 35.8 Å². The number of aliphatic hydroxyl groups excluding tert-OH is 1. The van der Waals surface area contributed by atoms with Crippen molar-refractivity contribution >= 4 is 17.3 Å². The van der Waals surface area contributed by atoms with E-state index in [1.54, 1.807) is 12.1 Å². The summed E-state index contributed by atoms with van der Waals surface area (Å²) in [4.78, 5) is 12.9. The maximum Gasteiger partial charge on any atom is 0.273 e. The van der Waals surface area contributed by atoms with Crippen LogP contribution in [-0.2, 0) is 6.54 Å². The van der Waals surface area contributed by atoms with Crippen molar-refractivity contribution in [2.75, 3.05) is 13.2 Å². The van der Waals surface area contributed by atoms with Crippen LogP contribution in [0.5, 0.6) is 0 Å². The van der Waals surface area contributed by atoms with Crippen molar-refractivity contribution in [2.45, 2.75) is 44.7 Å². The highest BCUT2D eigenvalue weighted by atomic mass is 35.5. The monoisotopic (exact) mass is 312 g/mol. The SMILES string of the molecule is O=[N+]([O-])c1ccc(Cl)cc1CN(CCO)C1CCCCC1. The quantitative estimate of drug-likeness (QED) is 0.646. The van der Waals surface area contributed by atoms with Crippen molar-refractivity contribution < 1.29 is 10.0 Å². The second kappa shape index (κ2) is 7.73.